The molecule has 0 radical (unpaired) electrons. The highest BCUT2D eigenvalue weighted by molar-refractivity contribution is 7.47. The van der Waals surface area contributed by atoms with Gasteiger partial charge in [-0.15, -0.1) is 0 Å². The lowest BCUT2D eigenvalue weighted by Gasteiger charge is -2.12. The Morgan fingerprint density at radius 3 is 2.24 bits per heavy atom. The van der Waals surface area contributed by atoms with Crippen LogP contribution in [0.25, 0.3) is 0 Å². The molecule has 0 saturated heterocycles. The van der Waals surface area contributed by atoms with Gasteiger partial charge >= 0.3 is 7.82 Å². The van der Waals surface area contributed by atoms with Crippen LogP contribution in [0.4, 0.5) is 0 Å². The molecule has 1 atom stereocenters. The van der Waals surface area contributed by atoms with Crippen molar-refractivity contribution in [3.63, 3.8) is 0 Å². The zero-order chi connectivity index (χ0) is 15.4. The third-order valence-electron chi connectivity index (χ3n) is 2.60. The number of phosphoric ester groups is 1. The first kappa shape index (κ1) is 18.1. The van der Waals surface area contributed by atoms with Gasteiger partial charge in [-0.05, 0) is 37.8 Å². The second kappa shape index (κ2) is 10.8. The Kier molecular flexibility index (Phi) is 9.30. The molecule has 1 aromatic rings. The molecule has 1 aromatic carbocycles. The first-order valence-corrected chi connectivity index (χ1v) is 8.54. The Morgan fingerprint density at radius 1 is 0.952 bits per heavy atom. The maximum atomic E-state index is 11.6. The van der Waals surface area contributed by atoms with Crippen molar-refractivity contribution < 1.29 is 28.3 Å². The van der Waals surface area contributed by atoms with Crippen LogP contribution in [0, 0.1) is 0 Å². The maximum absolute atomic E-state index is 11.6. The second-order valence-electron chi connectivity index (χ2n) is 4.46. The highest BCUT2D eigenvalue weighted by Gasteiger charge is 2.22. The number of ether oxygens (including phenoxy) is 1. The zero-order valence-corrected chi connectivity index (χ0v) is 12.9. The van der Waals surface area contributed by atoms with Crippen molar-refractivity contribution in [2.75, 3.05) is 26.4 Å². The van der Waals surface area contributed by atoms with Gasteiger partial charge in [-0.25, -0.2) is 4.57 Å². The summed E-state index contributed by atoms with van der Waals surface area (Å²) in [7, 11) is -4.05. The molecule has 2 N–H and O–H groups in total. The summed E-state index contributed by atoms with van der Waals surface area (Å²) in [5.41, 5.74) is 0. The molecule has 1 rings (SSSR count). The van der Waals surface area contributed by atoms with Crippen LogP contribution in [0.3, 0.4) is 0 Å². The molecule has 7 heteroatoms. The van der Waals surface area contributed by atoms with E-state index < -0.39 is 7.82 Å². The predicted octanol–water partition coefficient (Wildman–Crippen LogP) is 2.75. The Balaban J connectivity index is 2.05. The SMILES string of the molecule is O=P(O)(OCCCCOCCCCO)Oc1ccccc1. The molecule has 0 aliphatic carbocycles. The highest BCUT2D eigenvalue weighted by Crippen LogP contribution is 2.43. The first-order valence-electron chi connectivity index (χ1n) is 7.04. The minimum atomic E-state index is -4.05. The number of aliphatic hydroxyl groups excluding tert-OH is 1. The van der Waals surface area contributed by atoms with Crippen LogP contribution in [0.15, 0.2) is 30.3 Å². The van der Waals surface area contributed by atoms with Gasteiger partial charge in [0.2, 0.25) is 0 Å². The van der Waals surface area contributed by atoms with Crippen LogP contribution in [0.1, 0.15) is 25.7 Å². The van der Waals surface area contributed by atoms with Gasteiger partial charge in [-0.1, -0.05) is 18.2 Å². The molecule has 0 aliphatic heterocycles. The minimum absolute atomic E-state index is 0.139. The smallest absolute Gasteiger partial charge is 0.404 e. The number of benzene rings is 1. The molecule has 0 heterocycles. The van der Waals surface area contributed by atoms with Crippen molar-refractivity contribution in [3.05, 3.63) is 30.3 Å². The number of hydrogen-bond donors (Lipinski definition) is 2. The van der Waals surface area contributed by atoms with Crippen LogP contribution in [0.5, 0.6) is 5.75 Å². The van der Waals surface area contributed by atoms with E-state index in [1.54, 1.807) is 30.3 Å². The molecule has 21 heavy (non-hydrogen) atoms. The molecule has 0 aliphatic rings. The van der Waals surface area contributed by atoms with Crippen LogP contribution in [-0.4, -0.2) is 36.4 Å². The fourth-order valence-corrected chi connectivity index (χ4v) is 2.35. The number of para-hydroxylation sites is 1. The van der Waals surface area contributed by atoms with Crippen molar-refractivity contribution >= 4 is 7.82 Å². The van der Waals surface area contributed by atoms with Crippen LogP contribution in [-0.2, 0) is 13.8 Å². The fourth-order valence-electron chi connectivity index (χ4n) is 1.54. The standard InChI is InChI=1S/C14H23O6P/c15-10-4-5-11-18-12-6-7-13-19-21(16,17)20-14-8-2-1-3-9-14/h1-3,8-9,15H,4-7,10-13H2,(H,16,17). The zero-order valence-electron chi connectivity index (χ0n) is 12.0. The molecule has 0 amide bonds. The number of hydrogen-bond acceptors (Lipinski definition) is 5. The average molecular weight is 318 g/mol. The molecule has 0 aromatic heterocycles. The molecular formula is C14H23O6P. The molecule has 1 unspecified atom stereocenters. The van der Waals surface area contributed by atoms with Crippen molar-refractivity contribution in [2.24, 2.45) is 0 Å². The van der Waals surface area contributed by atoms with Gasteiger partial charge in [-0.3, -0.25) is 9.42 Å². The summed E-state index contributed by atoms with van der Waals surface area (Å²) in [5.74, 6) is 0.301. The molecule has 120 valence electrons. The monoisotopic (exact) mass is 318 g/mol. The van der Waals surface area contributed by atoms with Crippen LogP contribution < -0.4 is 4.52 Å². The average Bonchev–Trinajstić information content (AvgIpc) is 2.46. The third kappa shape index (κ3) is 9.61. The summed E-state index contributed by atoms with van der Waals surface area (Å²) in [6, 6.07) is 8.39. The summed E-state index contributed by atoms with van der Waals surface area (Å²) >= 11 is 0. The Morgan fingerprint density at radius 2 is 1.57 bits per heavy atom. The largest absolute Gasteiger partial charge is 0.527 e. The summed E-state index contributed by atoms with van der Waals surface area (Å²) in [4.78, 5) is 9.52. The Hall–Kier alpha value is -0.910. The minimum Gasteiger partial charge on any atom is -0.404 e. The molecular weight excluding hydrogens is 295 g/mol. The summed E-state index contributed by atoms with van der Waals surface area (Å²) in [5, 5.41) is 8.59. The lowest BCUT2D eigenvalue weighted by molar-refractivity contribution is 0.116. The van der Waals surface area contributed by atoms with Gasteiger partial charge in [0.15, 0.2) is 0 Å². The van der Waals surface area contributed by atoms with Gasteiger partial charge < -0.3 is 14.4 Å². The van der Waals surface area contributed by atoms with Crippen molar-refractivity contribution in [1.29, 1.82) is 0 Å². The summed E-state index contributed by atoms with van der Waals surface area (Å²) in [6.45, 7) is 1.52. The van der Waals surface area contributed by atoms with Gasteiger partial charge in [0.05, 0.1) is 6.61 Å². The predicted molar refractivity (Wildman–Crippen MR) is 79.2 cm³/mol. The van der Waals surface area contributed by atoms with Crippen LogP contribution >= 0.6 is 7.82 Å². The summed E-state index contributed by atoms with van der Waals surface area (Å²) < 4.78 is 26.8. The fraction of sp³-hybridized carbons (Fsp3) is 0.571. The van der Waals surface area contributed by atoms with Crippen LogP contribution in [0.2, 0.25) is 0 Å². The molecule has 6 nitrogen and oxygen atoms in total. The molecule has 0 bridgehead atoms. The van der Waals surface area contributed by atoms with E-state index in [9.17, 15) is 9.46 Å². The Labute approximate surface area is 125 Å². The van der Waals surface area contributed by atoms with Crippen molar-refractivity contribution in [3.8, 4) is 5.75 Å². The number of unbranched alkanes of at least 4 members (excludes halogenated alkanes) is 2. The molecule has 0 spiro atoms. The first-order chi connectivity index (χ1) is 10.1. The van der Waals surface area contributed by atoms with E-state index in [1.807, 2.05) is 0 Å². The third-order valence-corrected chi connectivity index (χ3v) is 3.55. The molecule has 0 saturated carbocycles. The van der Waals surface area contributed by atoms with Crippen molar-refractivity contribution in [2.45, 2.75) is 25.7 Å². The highest BCUT2D eigenvalue weighted by atomic mass is 31.2. The lowest BCUT2D eigenvalue weighted by atomic mass is 10.3. The molecule has 0 fully saturated rings. The van der Waals surface area contributed by atoms with Gasteiger partial charge in [0.1, 0.15) is 5.75 Å². The van der Waals surface area contributed by atoms with E-state index in [4.69, 9.17) is 18.9 Å². The van der Waals surface area contributed by atoms with E-state index in [0.717, 1.165) is 19.3 Å². The van der Waals surface area contributed by atoms with E-state index in [2.05, 4.69) is 0 Å². The number of phosphoric acid groups is 1. The Bertz CT molecular complexity index is 411. The lowest BCUT2D eigenvalue weighted by Crippen LogP contribution is -2.02. The quantitative estimate of drug-likeness (QED) is 0.455. The van der Waals surface area contributed by atoms with Gasteiger partial charge in [0, 0.05) is 19.8 Å². The second-order valence-corrected chi connectivity index (χ2v) is 5.83. The van der Waals surface area contributed by atoms with E-state index in [-0.39, 0.29) is 13.2 Å². The van der Waals surface area contributed by atoms with Gasteiger partial charge in [-0.2, -0.15) is 0 Å². The van der Waals surface area contributed by atoms with Gasteiger partial charge in [0.25, 0.3) is 0 Å². The van der Waals surface area contributed by atoms with E-state index in [1.165, 1.54) is 0 Å². The van der Waals surface area contributed by atoms with E-state index in [0.29, 0.717) is 25.4 Å². The normalized spacial score (nSPS) is 13.8. The van der Waals surface area contributed by atoms with E-state index >= 15 is 0 Å². The number of aliphatic hydroxyl groups is 1. The number of rotatable bonds is 12. The van der Waals surface area contributed by atoms with Crippen molar-refractivity contribution in [1.82, 2.24) is 0 Å². The maximum Gasteiger partial charge on any atom is 0.527 e. The topological polar surface area (TPSA) is 85.2 Å². The summed E-state index contributed by atoms with van der Waals surface area (Å²) in [6.07, 6.45) is 2.94.